The maximum absolute atomic E-state index is 12.8. The fraction of sp³-hybridized carbons (Fsp3) is 0.474. The fourth-order valence-electron chi connectivity index (χ4n) is 3.98. The molecule has 0 spiro atoms. The minimum absolute atomic E-state index is 0.128. The summed E-state index contributed by atoms with van der Waals surface area (Å²) in [6.45, 7) is 3.24. The summed E-state index contributed by atoms with van der Waals surface area (Å²) in [4.78, 5) is 48.9. The highest BCUT2D eigenvalue weighted by atomic mass is 32.2. The van der Waals surface area contributed by atoms with Gasteiger partial charge in [0.05, 0.1) is 5.75 Å². The van der Waals surface area contributed by atoms with Crippen molar-refractivity contribution in [3.63, 3.8) is 0 Å². The van der Waals surface area contributed by atoms with Gasteiger partial charge in [-0.05, 0) is 24.5 Å². The molecular weight excluding hydrogens is 378 g/mol. The molecule has 148 valence electrons. The molecule has 0 aliphatic carbocycles. The molecule has 0 radical (unpaired) electrons. The average Bonchev–Trinajstić information content (AvgIpc) is 3.29. The summed E-state index contributed by atoms with van der Waals surface area (Å²) >= 11 is 0.957. The Labute approximate surface area is 167 Å². The van der Waals surface area contributed by atoms with Gasteiger partial charge in [-0.15, -0.1) is 0 Å². The maximum Gasteiger partial charge on any atom is 0.289 e. The van der Waals surface area contributed by atoms with Crippen LogP contribution in [0.2, 0.25) is 0 Å². The number of nitrogens with one attached hydrogen (secondary N) is 1. The lowest BCUT2D eigenvalue weighted by atomic mass is 9.91. The van der Waals surface area contributed by atoms with Gasteiger partial charge in [0.25, 0.3) is 5.24 Å². The summed E-state index contributed by atoms with van der Waals surface area (Å²) in [5, 5.41) is 0.718. The van der Waals surface area contributed by atoms with Crippen LogP contribution in [0.4, 0.5) is 10.5 Å². The molecule has 2 fully saturated rings. The molecule has 2 saturated heterocycles. The molecular formula is C19H23N5O3S. The number of likely N-dealkylation sites (N-methyl/N-ethyl adjacent to an activating group) is 1. The van der Waals surface area contributed by atoms with Crippen LogP contribution >= 0.6 is 11.8 Å². The number of aromatic nitrogens is 2. The van der Waals surface area contributed by atoms with Crippen LogP contribution in [-0.2, 0) is 9.59 Å². The van der Waals surface area contributed by atoms with Crippen molar-refractivity contribution in [3.8, 4) is 0 Å². The SMILES string of the molecule is C[C@@H]1CCN(C(=O)CN2C(=O)CSC2=O)CC1N(C)c1ccnc2[nH]ccc12. The van der Waals surface area contributed by atoms with Gasteiger partial charge in [-0.2, -0.15) is 0 Å². The topological polar surface area (TPSA) is 89.6 Å². The van der Waals surface area contributed by atoms with Gasteiger partial charge < -0.3 is 14.8 Å². The Morgan fingerprint density at radius 3 is 2.96 bits per heavy atom. The zero-order valence-corrected chi connectivity index (χ0v) is 16.7. The zero-order chi connectivity index (χ0) is 19.8. The zero-order valence-electron chi connectivity index (χ0n) is 15.9. The molecule has 4 rings (SSSR count). The quantitative estimate of drug-likeness (QED) is 0.842. The molecule has 1 N–H and O–H groups in total. The van der Waals surface area contributed by atoms with Gasteiger partial charge in [-0.25, -0.2) is 4.98 Å². The molecule has 9 heteroatoms. The number of fused-ring (bicyclic) bond motifs is 1. The number of hydrogen-bond donors (Lipinski definition) is 1. The molecule has 1 unspecified atom stereocenters. The molecule has 2 aliphatic rings. The summed E-state index contributed by atoms with van der Waals surface area (Å²) in [6.07, 6.45) is 4.53. The number of hydrogen-bond acceptors (Lipinski definition) is 6. The third-order valence-electron chi connectivity index (χ3n) is 5.72. The number of imide groups is 1. The Morgan fingerprint density at radius 2 is 2.21 bits per heavy atom. The van der Waals surface area contributed by atoms with Crippen molar-refractivity contribution in [2.24, 2.45) is 5.92 Å². The van der Waals surface area contributed by atoms with Crippen LogP contribution in [0.15, 0.2) is 24.5 Å². The van der Waals surface area contributed by atoms with E-state index >= 15 is 0 Å². The Bertz CT molecular complexity index is 913. The minimum Gasteiger partial charge on any atom is -0.369 e. The van der Waals surface area contributed by atoms with Crippen LogP contribution in [-0.4, -0.2) is 75.3 Å². The molecule has 28 heavy (non-hydrogen) atoms. The van der Waals surface area contributed by atoms with Crippen LogP contribution < -0.4 is 4.90 Å². The summed E-state index contributed by atoms with van der Waals surface area (Å²) < 4.78 is 0. The third-order valence-corrected chi connectivity index (χ3v) is 6.58. The van der Waals surface area contributed by atoms with Crippen molar-refractivity contribution >= 4 is 45.5 Å². The summed E-state index contributed by atoms with van der Waals surface area (Å²) in [5.74, 6) is 0.0790. The predicted molar refractivity (Wildman–Crippen MR) is 108 cm³/mol. The second-order valence-corrected chi connectivity index (χ2v) is 8.32. The van der Waals surface area contributed by atoms with Crippen LogP contribution in [0.3, 0.4) is 0 Å². The molecule has 0 aromatic carbocycles. The summed E-state index contributed by atoms with van der Waals surface area (Å²) in [6, 6.07) is 4.13. The second-order valence-electron chi connectivity index (χ2n) is 7.39. The predicted octanol–water partition coefficient (Wildman–Crippen LogP) is 1.93. The molecule has 2 atom stereocenters. The first-order valence-corrected chi connectivity index (χ1v) is 10.3. The number of anilines is 1. The number of carbonyl (C=O) groups excluding carboxylic acids is 3. The number of piperidine rings is 1. The lowest BCUT2D eigenvalue weighted by Gasteiger charge is -2.43. The van der Waals surface area contributed by atoms with Crippen LogP contribution in [0.1, 0.15) is 13.3 Å². The standard InChI is InChI=1S/C19H23N5O3S/c1-12-5-8-23(16(25)10-24-17(26)11-28-19(24)27)9-15(12)22(2)14-4-7-21-18-13(14)3-6-20-18/h3-4,6-7,12,15H,5,8-11H2,1-2H3,(H,20,21)/t12-,15?/m1/s1. The van der Waals surface area contributed by atoms with E-state index in [0.717, 1.165) is 39.8 Å². The lowest BCUT2D eigenvalue weighted by molar-refractivity contribution is -0.137. The van der Waals surface area contributed by atoms with E-state index in [-0.39, 0.29) is 35.4 Å². The van der Waals surface area contributed by atoms with Gasteiger partial charge in [0.1, 0.15) is 12.2 Å². The van der Waals surface area contributed by atoms with Crippen LogP contribution in [0, 0.1) is 5.92 Å². The van der Waals surface area contributed by atoms with E-state index in [2.05, 4.69) is 21.8 Å². The van der Waals surface area contributed by atoms with E-state index in [0.29, 0.717) is 19.0 Å². The second kappa shape index (κ2) is 7.46. The number of nitrogens with zero attached hydrogens (tertiary/aromatic N) is 4. The Kier molecular flexibility index (Phi) is 5.01. The smallest absolute Gasteiger partial charge is 0.289 e. The first-order chi connectivity index (χ1) is 13.5. The number of thioether (sulfide) groups is 1. The summed E-state index contributed by atoms with van der Waals surface area (Å²) in [5.41, 5.74) is 1.91. The minimum atomic E-state index is -0.330. The highest BCUT2D eigenvalue weighted by Crippen LogP contribution is 2.30. The fourth-order valence-corrected chi connectivity index (χ4v) is 4.71. The molecule has 8 nitrogen and oxygen atoms in total. The van der Waals surface area contributed by atoms with Gasteiger partial charge in [0.2, 0.25) is 11.8 Å². The van der Waals surface area contributed by atoms with Gasteiger partial charge in [-0.1, -0.05) is 18.7 Å². The van der Waals surface area contributed by atoms with Crippen LogP contribution in [0.25, 0.3) is 11.0 Å². The highest BCUT2D eigenvalue weighted by molar-refractivity contribution is 8.14. The number of rotatable bonds is 4. The van der Waals surface area contributed by atoms with Gasteiger partial charge >= 0.3 is 0 Å². The van der Waals surface area contributed by atoms with E-state index in [1.165, 1.54) is 0 Å². The molecule has 4 heterocycles. The normalized spacial score (nSPS) is 22.9. The molecule has 0 bridgehead atoms. The van der Waals surface area contributed by atoms with E-state index < -0.39 is 0 Å². The van der Waals surface area contributed by atoms with E-state index in [9.17, 15) is 14.4 Å². The van der Waals surface area contributed by atoms with E-state index in [1.54, 1.807) is 11.1 Å². The number of amides is 3. The maximum atomic E-state index is 12.8. The van der Waals surface area contributed by atoms with Crippen molar-refractivity contribution in [1.29, 1.82) is 0 Å². The van der Waals surface area contributed by atoms with Gasteiger partial charge in [0.15, 0.2) is 0 Å². The largest absolute Gasteiger partial charge is 0.369 e. The third kappa shape index (κ3) is 3.34. The lowest BCUT2D eigenvalue weighted by Crippen LogP contribution is -2.54. The molecule has 0 saturated carbocycles. The van der Waals surface area contributed by atoms with Crippen molar-refractivity contribution in [2.45, 2.75) is 19.4 Å². The Hall–Kier alpha value is -2.55. The van der Waals surface area contributed by atoms with Crippen molar-refractivity contribution in [3.05, 3.63) is 24.5 Å². The molecule has 3 amide bonds. The van der Waals surface area contributed by atoms with Gasteiger partial charge in [-0.3, -0.25) is 19.3 Å². The van der Waals surface area contributed by atoms with E-state index in [1.807, 2.05) is 25.4 Å². The van der Waals surface area contributed by atoms with E-state index in [4.69, 9.17) is 0 Å². The number of pyridine rings is 1. The number of H-pyrrole nitrogens is 1. The molecule has 2 aromatic rings. The van der Waals surface area contributed by atoms with Crippen molar-refractivity contribution < 1.29 is 14.4 Å². The first kappa shape index (κ1) is 18.8. The van der Waals surface area contributed by atoms with Gasteiger partial charge in [0, 0.05) is 49.6 Å². The van der Waals surface area contributed by atoms with Crippen molar-refractivity contribution in [2.75, 3.05) is 37.3 Å². The number of likely N-dealkylation sites (tertiary alicyclic amines) is 1. The molecule has 2 aliphatic heterocycles. The number of carbonyl (C=O) groups is 3. The monoisotopic (exact) mass is 401 g/mol. The Balaban J connectivity index is 1.50. The first-order valence-electron chi connectivity index (χ1n) is 9.35. The van der Waals surface area contributed by atoms with Crippen molar-refractivity contribution in [1.82, 2.24) is 19.8 Å². The average molecular weight is 401 g/mol. The number of aromatic amines is 1. The Morgan fingerprint density at radius 1 is 1.39 bits per heavy atom. The summed E-state index contributed by atoms with van der Waals surface area (Å²) in [7, 11) is 2.04. The molecule has 2 aromatic heterocycles. The van der Waals surface area contributed by atoms with Crippen LogP contribution in [0.5, 0.6) is 0 Å². The highest BCUT2D eigenvalue weighted by Gasteiger charge is 2.36.